The standard InChI is InChI=1S/C15H13NO4S2/c1-19-12-7-8-13-14(9-12)21-15(16-13)20-22(17,18)10-11-5-3-2-4-6-11/h2-9H,10H2,1H3. The van der Waals surface area contributed by atoms with Crippen LogP contribution in [-0.4, -0.2) is 20.5 Å². The highest BCUT2D eigenvalue weighted by atomic mass is 32.2. The van der Waals surface area contributed by atoms with Crippen molar-refractivity contribution in [2.45, 2.75) is 5.75 Å². The van der Waals surface area contributed by atoms with Crippen molar-refractivity contribution in [3.05, 3.63) is 54.1 Å². The summed E-state index contributed by atoms with van der Waals surface area (Å²) >= 11 is 1.17. The maximum atomic E-state index is 12.1. The van der Waals surface area contributed by atoms with Crippen LogP contribution in [0.1, 0.15) is 5.56 Å². The van der Waals surface area contributed by atoms with Crippen LogP contribution in [0.15, 0.2) is 48.5 Å². The number of thiazole rings is 1. The van der Waals surface area contributed by atoms with E-state index in [4.69, 9.17) is 8.92 Å². The molecule has 0 aliphatic heterocycles. The Hall–Kier alpha value is -2.12. The molecule has 114 valence electrons. The van der Waals surface area contributed by atoms with Gasteiger partial charge in [-0.3, -0.25) is 0 Å². The SMILES string of the molecule is COc1ccc2nc(OS(=O)(=O)Cc3ccccc3)sc2c1. The normalized spacial score (nSPS) is 11.5. The Kier molecular flexibility index (Phi) is 4.00. The Morgan fingerprint density at radius 3 is 2.64 bits per heavy atom. The van der Waals surface area contributed by atoms with Crippen LogP contribution < -0.4 is 8.92 Å². The molecule has 0 bridgehead atoms. The van der Waals surface area contributed by atoms with E-state index < -0.39 is 10.1 Å². The lowest BCUT2D eigenvalue weighted by atomic mass is 10.2. The van der Waals surface area contributed by atoms with Crippen LogP contribution in [0.2, 0.25) is 0 Å². The highest BCUT2D eigenvalue weighted by Crippen LogP contribution is 2.31. The second-order valence-electron chi connectivity index (χ2n) is 4.58. The largest absolute Gasteiger partial charge is 0.497 e. The molecule has 0 saturated carbocycles. The van der Waals surface area contributed by atoms with Gasteiger partial charge in [-0.05, 0) is 23.8 Å². The number of aromatic nitrogens is 1. The number of rotatable bonds is 5. The predicted molar refractivity (Wildman–Crippen MR) is 85.9 cm³/mol. The Morgan fingerprint density at radius 2 is 1.91 bits per heavy atom. The third-order valence-electron chi connectivity index (χ3n) is 2.96. The van der Waals surface area contributed by atoms with Crippen LogP contribution in [0.4, 0.5) is 0 Å². The first-order valence-electron chi connectivity index (χ1n) is 6.46. The Labute approximate surface area is 132 Å². The first-order valence-corrected chi connectivity index (χ1v) is 8.86. The number of methoxy groups -OCH3 is 1. The molecule has 3 aromatic rings. The molecule has 0 fully saturated rings. The van der Waals surface area contributed by atoms with Gasteiger partial charge in [0, 0.05) is 0 Å². The van der Waals surface area contributed by atoms with Crippen LogP contribution in [-0.2, 0) is 15.9 Å². The fourth-order valence-corrected chi connectivity index (χ4v) is 4.05. The van der Waals surface area contributed by atoms with Crippen molar-refractivity contribution in [3.8, 4) is 10.9 Å². The average Bonchev–Trinajstić information content (AvgIpc) is 2.87. The van der Waals surface area contributed by atoms with Gasteiger partial charge in [0.05, 0.1) is 17.3 Å². The number of benzene rings is 2. The molecule has 0 radical (unpaired) electrons. The van der Waals surface area contributed by atoms with Gasteiger partial charge in [-0.2, -0.15) is 8.42 Å². The topological polar surface area (TPSA) is 65.5 Å². The molecule has 22 heavy (non-hydrogen) atoms. The third-order valence-corrected chi connectivity index (χ3v) is 5.06. The molecule has 0 aliphatic carbocycles. The molecular weight excluding hydrogens is 322 g/mol. The smallest absolute Gasteiger partial charge is 0.315 e. The molecule has 7 heteroatoms. The Bertz CT molecular complexity index is 888. The van der Waals surface area contributed by atoms with Gasteiger partial charge in [0.2, 0.25) is 0 Å². The summed E-state index contributed by atoms with van der Waals surface area (Å²) in [4.78, 5) is 4.18. The number of ether oxygens (including phenoxy) is 1. The zero-order valence-corrected chi connectivity index (χ0v) is 13.4. The number of fused-ring (bicyclic) bond motifs is 1. The summed E-state index contributed by atoms with van der Waals surface area (Å²) in [7, 11) is -2.16. The molecule has 0 unspecified atom stereocenters. The van der Waals surface area contributed by atoms with Crippen LogP contribution >= 0.6 is 11.3 Å². The second kappa shape index (κ2) is 5.94. The molecular formula is C15H13NO4S2. The molecule has 1 heterocycles. The van der Waals surface area contributed by atoms with Gasteiger partial charge in [-0.1, -0.05) is 41.7 Å². The fourth-order valence-electron chi connectivity index (χ4n) is 1.96. The minimum Gasteiger partial charge on any atom is -0.497 e. The number of hydrogen-bond donors (Lipinski definition) is 0. The highest BCUT2D eigenvalue weighted by Gasteiger charge is 2.17. The van der Waals surface area contributed by atoms with Gasteiger partial charge in [0.15, 0.2) is 0 Å². The van der Waals surface area contributed by atoms with E-state index in [9.17, 15) is 8.42 Å². The van der Waals surface area contributed by atoms with Crippen molar-refractivity contribution < 1.29 is 17.3 Å². The van der Waals surface area contributed by atoms with E-state index >= 15 is 0 Å². The molecule has 0 amide bonds. The first-order chi connectivity index (χ1) is 10.6. The van der Waals surface area contributed by atoms with E-state index in [2.05, 4.69) is 4.98 Å². The molecule has 0 atom stereocenters. The maximum Gasteiger partial charge on any atom is 0.315 e. The van der Waals surface area contributed by atoms with Crippen LogP contribution in [0, 0.1) is 0 Å². The van der Waals surface area contributed by atoms with Gasteiger partial charge < -0.3 is 8.92 Å². The maximum absolute atomic E-state index is 12.1. The van der Waals surface area contributed by atoms with Crippen LogP contribution in [0.5, 0.6) is 10.9 Å². The lowest BCUT2D eigenvalue weighted by molar-refractivity contribution is 0.415. The van der Waals surface area contributed by atoms with E-state index in [1.54, 1.807) is 49.6 Å². The van der Waals surface area contributed by atoms with E-state index in [1.165, 1.54) is 11.3 Å². The first kappa shape index (κ1) is 14.8. The number of nitrogens with zero attached hydrogens (tertiary/aromatic N) is 1. The zero-order valence-electron chi connectivity index (χ0n) is 11.7. The summed E-state index contributed by atoms with van der Waals surface area (Å²) in [5.74, 6) is 0.502. The lowest BCUT2D eigenvalue weighted by Gasteiger charge is -2.03. The number of hydrogen-bond acceptors (Lipinski definition) is 6. The van der Waals surface area contributed by atoms with Gasteiger partial charge in [0.1, 0.15) is 11.5 Å². The molecule has 2 aromatic carbocycles. The van der Waals surface area contributed by atoms with Crippen LogP contribution in [0.3, 0.4) is 0 Å². The summed E-state index contributed by atoms with van der Waals surface area (Å²) in [6.45, 7) is 0. The van der Waals surface area contributed by atoms with Gasteiger partial charge >= 0.3 is 10.1 Å². The Balaban J connectivity index is 1.82. The molecule has 0 spiro atoms. The minimum absolute atomic E-state index is 0.110. The average molecular weight is 335 g/mol. The van der Waals surface area contributed by atoms with Gasteiger partial charge in [0.25, 0.3) is 5.19 Å². The zero-order chi connectivity index (χ0) is 15.6. The van der Waals surface area contributed by atoms with Crippen molar-refractivity contribution in [2.24, 2.45) is 0 Å². The summed E-state index contributed by atoms with van der Waals surface area (Å²) < 4.78 is 35.2. The summed E-state index contributed by atoms with van der Waals surface area (Å²) in [5.41, 5.74) is 1.35. The summed E-state index contributed by atoms with van der Waals surface area (Å²) in [5, 5.41) is 0.110. The Morgan fingerprint density at radius 1 is 1.14 bits per heavy atom. The van der Waals surface area contributed by atoms with Crippen LogP contribution in [0.25, 0.3) is 10.2 Å². The molecule has 0 aliphatic rings. The predicted octanol–water partition coefficient (Wildman–Crippen LogP) is 3.21. The molecule has 3 rings (SSSR count). The monoisotopic (exact) mass is 335 g/mol. The van der Waals surface area contributed by atoms with E-state index in [0.29, 0.717) is 16.8 Å². The van der Waals surface area contributed by atoms with Crippen molar-refractivity contribution in [2.75, 3.05) is 7.11 Å². The molecule has 1 aromatic heterocycles. The van der Waals surface area contributed by atoms with Gasteiger partial charge in [-0.25, -0.2) is 4.98 Å². The van der Waals surface area contributed by atoms with E-state index in [0.717, 1.165) is 4.70 Å². The van der Waals surface area contributed by atoms with Crippen molar-refractivity contribution in [3.63, 3.8) is 0 Å². The molecule has 5 nitrogen and oxygen atoms in total. The van der Waals surface area contributed by atoms with Crippen molar-refractivity contribution in [1.82, 2.24) is 4.98 Å². The summed E-state index contributed by atoms with van der Waals surface area (Å²) in [6.07, 6.45) is 0. The second-order valence-corrected chi connectivity index (χ2v) is 7.15. The lowest BCUT2D eigenvalue weighted by Crippen LogP contribution is -2.11. The fraction of sp³-hybridized carbons (Fsp3) is 0.133. The summed E-state index contributed by atoms with van der Waals surface area (Å²) in [6, 6.07) is 14.2. The van der Waals surface area contributed by atoms with Crippen molar-refractivity contribution >= 4 is 31.7 Å². The van der Waals surface area contributed by atoms with E-state index in [-0.39, 0.29) is 10.9 Å². The van der Waals surface area contributed by atoms with Crippen molar-refractivity contribution in [1.29, 1.82) is 0 Å². The highest BCUT2D eigenvalue weighted by molar-refractivity contribution is 7.86. The third kappa shape index (κ3) is 3.37. The van der Waals surface area contributed by atoms with Gasteiger partial charge in [-0.15, -0.1) is 0 Å². The molecule has 0 saturated heterocycles. The van der Waals surface area contributed by atoms with E-state index in [1.807, 2.05) is 6.07 Å². The molecule has 0 N–H and O–H groups in total. The quantitative estimate of drug-likeness (QED) is 0.670. The minimum atomic E-state index is -3.73.